The Morgan fingerprint density at radius 2 is 1.79 bits per heavy atom. The maximum atomic E-state index is 11.9. The Hall–Kier alpha value is -1.06. The molecule has 4 heteroatoms. The molecule has 1 heterocycles. The Bertz CT molecular complexity index is 386. The highest BCUT2D eigenvalue weighted by molar-refractivity contribution is 5.94. The molecule has 0 aromatic heterocycles. The molecule has 0 radical (unpaired) electrons. The van der Waals surface area contributed by atoms with Crippen LogP contribution < -0.4 is 22.6 Å². The van der Waals surface area contributed by atoms with Crippen molar-refractivity contribution >= 4 is 5.91 Å². The summed E-state index contributed by atoms with van der Waals surface area (Å²) in [5.74, 6) is 0.0476. The van der Waals surface area contributed by atoms with Crippen LogP contribution in [-0.2, 0) is 0 Å². The van der Waals surface area contributed by atoms with E-state index in [4.69, 9.17) is 0 Å². The SMILES string of the molecule is Cc1ccc(C(=O)NCC[NH+]2CCCCC2)cc1.[Cl-]. The molecule has 106 valence electrons. The molecule has 1 aromatic rings. The minimum atomic E-state index is 0. The van der Waals surface area contributed by atoms with Gasteiger partial charge in [0.2, 0.25) is 0 Å². The minimum Gasteiger partial charge on any atom is -1.00 e. The van der Waals surface area contributed by atoms with Crippen LogP contribution >= 0.6 is 0 Å². The number of hydrogen-bond donors (Lipinski definition) is 2. The van der Waals surface area contributed by atoms with Crippen molar-refractivity contribution in [3.05, 3.63) is 35.4 Å². The Labute approximate surface area is 121 Å². The lowest BCUT2D eigenvalue weighted by Gasteiger charge is -2.23. The van der Waals surface area contributed by atoms with Crippen LogP contribution in [0.15, 0.2) is 24.3 Å². The van der Waals surface area contributed by atoms with Gasteiger partial charge in [-0.2, -0.15) is 0 Å². The number of hydrogen-bond acceptors (Lipinski definition) is 1. The molecule has 0 bridgehead atoms. The molecule has 1 amide bonds. The molecule has 2 N–H and O–H groups in total. The van der Waals surface area contributed by atoms with Crippen LogP contribution in [0.4, 0.5) is 0 Å². The number of aryl methyl sites for hydroxylation is 1. The summed E-state index contributed by atoms with van der Waals surface area (Å²) in [7, 11) is 0. The highest BCUT2D eigenvalue weighted by Crippen LogP contribution is 2.02. The van der Waals surface area contributed by atoms with Crippen LogP contribution in [0.1, 0.15) is 35.2 Å². The van der Waals surface area contributed by atoms with E-state index in [0.29, 0.717) is 0 Å². The van der Waals surface area contributed by atoms with E-state index in [0.717, 1.165) is 18.7 Å². The molecule has 1 saturated heterocycles. The van der Waals surface area contributed by atoms with Gasteiger partial charge in [0.25, 0.3) is 5.91 Å². The van der Waals surface area contributed by atoms with E-state index in [2.05, 4.69) is 5.32 Å². The molecule has 0 atom stereocenters. The first kappa shape index (κ1) is 16.0. The minimum absolute atomic E-state index is 0. The maximum Gasteiger partial charge on any atom is 0.251 e. The van der Waals surface area contributed by atoms with E-state index in [-0.39, 0.29) is 18.3 Å². The third kappa shape index (κ3) is 5.21. The van der Waals surface area contributed by atoms with Crippen LogP contribution in [0.2, 0.25) is 0 Å². The molecular formula is C15H23ClN2O. The molecule has 0 saturated carbocycles. The average Bonchev–Trinajstić information content (AvgIpc) is 2.40. The number of carbonyl (C=O) groups is 1. The zero-order valence-electron chi connectivity index (χ0n) is 11.5. The van der Waals surface area contributed by atoms with Crippen molar-refractivity contribution in [2.45, 2.75) is 26.2 Å². The summed E-state index contributed by atoms with van der Waals surface area (Å²) in [5, 5.41) is 3.01. The fourth-order valence-corrected chi connectivity index (χ4v) is 2.46. The van der Waals surface area contributed by atoms with Gasteiger partial charge < -0.3 is 22.6 Å². The number of piperidine rings is 1. The van der Waals surface area contributed by atoms with E-state index in [9.17, 15) is 4.79 Å². The summed E-state index contributed by atoms with van der Waals surface area (Å²) >= 11 is 0. The Morgan fingerprint density at radius 1 is 1.16 bits per heavy atom. The zero-order chi connectivity index (χ0) is 12.8. The van der Waals surface area contributed by atoms with Gasteiger partial charge >= 0.3 is 0 Å². The number of benzene rings is 1. The van der Waals surface area contributed by atoms with Crippen molar-refractivity contribution in [3.8, 4) is 0 Å². The van der Waals surface area contributed by atoms with Crippen LogP contribution in [-0.4, -0.2) is 32.1 Å². The molecule has 1 fully saturated rings. The second-order valence-corrected chi connectivity index (χ2v) is 5.18. The summed E-state index contributed by atoms with van der Waals surface area (Å²) in [6.07, 6.45) is 4.04. The van der Waals surface area contributed by atoms with Crippen molar-refractivity contribution in [1.82, 2.24) is 5.32 Å². The predicted molar refractivity (Wildman–Crippen MR) is 72.9 cm³/mol. The number of likely N-dealkylation sites (tertiary alicyclic amines) is 1. The number of amides is 1. The molecule has 1 aliphatic rings. The van der Waals surface area contributed by atoms with Gasteiger partial charge in [0.15, 0.2) is 0 Å². The van der Waals surface area contributed by atoms with Gasteiger partial charge in [-0.1, -0.05) is 17.7 Å². The van der Waals surface area contributed by atoms with Crippen LogP contribution in [0.3, 0.4) is 0 Å². The first-order chi connectivity index (χ1) is 8.75. The summed E-state index contributed by atoms with van der Waals surface area (Å²) < 4.78 is 0. The van der Waals surface area contributed by atoms with E-state index < -0.39 is 0 Å². The summed E-state index contributed by atoms with van der Waals surface area (Å²) in [4.78, 5) is 13.5. The number of nitrogens with one attached hydrogen (secondary N) is 2. The zero-order valence-corrected chi connectivity index (χ0v) is 12.3. The molecule has 0 aliphatic carbocycles. The maximum absolute atomic E-state index is 11.9. The van der Waals surface area contributed by atoms with Crippen molar-refractivity contribution < 1.29 is 22.1 Å². The lowest BCUT2D eigenvalue weighted by atomic mass is 10.1. The third-order valence-electron chi connectivity index (χ3n) is 3.64. The second kappa shape index (κ2) is 8.18. The Morgan fingerprint density at radius 3 is 2.42 bits per heavy atom. The van der Waals surface area contributed by atoms with E-state index in [1.54, 1.807) is 4.90 Å². The van der Waals surface area contributed by atoms with Gasteiger partial charge in [0, 0.05) is 5.56 Å². The van der Waals surface area contributed by atoms with Crippen molar-refractivity contribution in [1.29, 1.82) is 0 Å². The van der Waals surface area contributed by atoms with Gasteiger partial charge in [0.05, 0.1) is 26.2 Å². The topological polar surface area (TPSA) is 33.5 Å². The van der Waals surface area contributed by atoms with Gasteiger partial charge in [0.1, 0.15) is 0 Å². The number of rotatable bonds is 4. The van der Waals surface area contributed by atoms with Crippen LogP contribution in [0.5, 0.6) is 0 Å². The molecule has 0 spiro atoms. The van der Waals surface area contributed by atoms with Crippen LogP contribution in [0.25, 0.3) is 0 Å². The van der Waals surface area contributed by atoms with Crippen molar-refractivity contribution in [3.63, 3.8) is 0 Å². The summed E-state index contributed by atoms with van der Waals surface area (Å²) in [5.41, 5.74) is 1.94. The first-order valence-electron chi connectivity index (χ1n) is 6.94. The molecule has 0 unspecified atom stereocenters. The number of carbonyl (C=O) groups excluding carboxylic acids is 1. The van der Waals surface area contributed by atoms with E-state index >= 15 is 0 Å². The molecule has 3 nitrogen and oxygen atoms in total. The lowest BCUT2D eigenvalue weighted by molar-refractivity contribution is -0.903. The molecular weight excluding hydrogens is 260 g/mol. The van der Waals surface area contributed by atoms with Crippen molar-refractivity contribution in [2.75, 3.05) is 26.2 Å². The lowest BCUT2D eigenvalue weighted by Crippen LogP contribution is -3.13. The average molecular weight is 283 g/mol. The largest absolute Gasteiger partial charge is 1.00 e. The molecule has 19 heavy (non-hydrogen) atoms. The molecule has 2 rings (SSSR count). The fourth-order valence-electron chi connectivity index (χ4n) is 2.46. The standard InChI is InChI=1S/C15H22N2O.ClH/c1-13-5-7-14(8-6-13)15(18)16-9-12-17-10-3-2-4-11-17;/h5-8H,2-4,9-12H2,1H3,(H,16,18);1H. The summed E-state index contributed by atoms with van der Waals surface area (Å²) in [6, 6.07) is 7.73. The third-order valence-corrected chi connectivity index (χ3v) is 3.64. The van der Waals surface area contributed by atoms with Gasteiger partial charge in [-0.05, 0) is 38.3 Å². The van der Waals surface area contributed by atoms with Gasteiger partial charge in [-0.15, -0.1) is 0 Å². The highest BCUT2D eigenvalue weighted by Gasteiger charge is 2.13. The normalized spacial score (nSPS) is 15.6. The summed E-state index contributed by atoms with van der Waals surface area (Å²) in [6.45, 7) is 6.39. The van der Waals surface area contributed by atoms with Crippen LogP contribution in [0, 0.1) is 6.92 Å². The van der Waals surface area contributed by atoms with E-state index in [1.807, 2.05) is 31.2 Å². The molecule has 1 aromatic carbocycles. The Kier molecular flexibility index (Phi) is 6.89. The van der Waals surface area contributed by atoms with E-state index in [1.165, 1.54) is 37.9 Å². The molecule has 1 aliphatic heterocycles. The smallest absolute Gasteiger partial charge is 0.251 e. The Balaban J connectivity index is 0.00000180. The van der Waals surface area contributed by atoms with Crippen molar-refractivity contribution in [2.24, 2.45) is 0 Å². The van der Waals surface area contributed by atoms with Gasteiger partial charge in [-0.3, -0.25) is 4.79 Å². The number of quaternary nitrogens is 1. The fraction of sp³-hybridized carbons (Fsp3) is 0.533. The monoisotopic (exact) mass is 282 g/mol. The predicted octanol–water partition coefficient (Wildman–Crippen LogP) is -2.20. The first-order valence-corrected chi connectivity index (χ1v) is 6.94. The number of halogens is 1. The quantitative estimate of drug-likeness (QED) is 0.646. The second-order valence-electron chi connectivity index (χ2n) is 5.18. The highest BCUT2D eigenvalue weighted by atomic mass is 35.5. The van der Waals surface area contributed by atoms with Gasteiger partial charge in [-0.25, -0.2) is 0 Å².